The van der Waals surface area contributed by atoms with Gasteiger partial charge < -0.3 is 10.3 Å². The fourth-order valence-corrected chi connectivity index (χ4v) is 1.20. The zero-order valence-corrected chi connectivity index (χ0v) is 5.93. The van der Waals surface area contributed by atoms with Gasteiger partial charge in [0.05, 0.1) is 0 Å². The molecule has 0 amide bonds. The van der Waals surface area contributed by atoms with E-state index in [0.29, 0.717) is 0 Å². The molecule has 52 valence electrons. The van der Waals surface area contributed by atoms with Crippen LogP contribution in [0.5, 0.6) is 0 Å². The predicted octanol–water partition coefficient (Wildman–Crippen LogP) is 0.687. The van der Waals surface area contributed by atoms with Crippen LogP contribution in [-0.4, -0.2) is 26.4 Å². The van der Waals surface area contributed by atoms with Crippen LogP contribution in [0.15, 0.2) is 4.99 Å². The van der Waals surface area contributed by atoms with E-state index in [1.54, 1.807) is 0 Å². The van der Waals surface area contributed by atoms with Crippen molar-refractivity contribution in [2.45, 2.75) is 12.8 Å². The second-order valence-electron chi connectivity index (χ2n) is 2.49. The van der Waals surface area contributed by atoms with Crippen molar-refractivity contribution in [1.82, 2.24) is 5.32 Å². The molecule has 1 aliphatic rings. The summed E-state index contributed by atoms with van der Waals surface area (Å²) in [5, 5.41) is 3.31. The highest BCUT2D eigenvalue weighted by Crippen LogP contribution is 2.07. The molecule has 0 radical (unpaired) electrons. The van der Waals surface area contributed by atoms with Crippen molar-refractivity contribution < 1.29 is 0 Å². The average molecular weight is 126 g/mol. The molecule has 0 unspecified atom stereocenters. The van der Waals surface area contributed by atoms with Gasteiger partial charge in [-0.1, -0.05) is 0 Å². The minimum Gasteiger partial charge on any atom is -0.317 e. The standard InChI is InChI=1S/C7H14N2/c1-8-6-7-2-4-9-5-3-7/h6-7,9H,2-5H2,1H3/b8-6+. The van der Waals surface area contributed by atoms with Gasteiger partial charge in [-0.2, -0.15) is 0 Å². The number of rotatable bonds is 1. The second-order valence-corrected chi connectivity index (χ2v) is 2.49. The summed E-state index contributed by atoms with van der Waals surface area (Å²) in [6.45, 7) is 2.33. The molecule has 1 heterocycles. The molecule has 0 atom stereocenters. The Kier molecular flexibility index (Phi) is 2.71. The summed E-state index contributed by atoms with van der Waals surface area (Å²) < 4.78 is 0. The Labute approximate surface area is 56.4 Å². The van der Waals surface area contributed by atoms with E-state index in [4.69, 9.17) is 0 Å². The first-order valence-electron chi connectivity index (χ1n) is 3.56. The normalized spacial score (nSPS) is 23.2. The lowest BCUT2D eigenvalue weighted by Crippen LogP contribution is -2.28. The highest BCUT2D eigenvalue weighted by atomic mass is 14.9. The Hall–Kier alpha value is -0.370. The maximum absolute atomic E-state index is 4.01. The number of piperidine rings is 1. The van der Waals surface area contributed by atoms with Crippen molar-refractivity contribution in [2.24, 2.45) is 10.9 Å². The van der Waals surface area contributed by atoms with E-state index in [0.717, 1.165) is 19.0 Å². The maximum atomic E-state index is 4.01. The number of hydrogen-bond acceptors (Lipinski definition) is 2. The number of nitrogens with zero attached hydrogens (tertiary/aromatic N) is 1. The summed E-state index contributed by atoms with van der Waals surface area (Å²) >= 11 is 0. The Morgan fingerprint density at radius 2 is 2.11 bits per heavy atom. The van der Waals surface area contributed by atoms with Crippen LogP contribution >= 0.6 is 0 Å². The molecule has 1 N–H and O–H groups in total. The molecule has 2 nitrogen and oxygen atoms in total. The summed E-state index contributed by atoms with van der Waals surface area (Å²) in [6, 6.07) is 0. The monoisotopic (exact) mass is 126 g/mol. The molecule has 0 aliphatic carbocycles. The van der Waals surface area contributed by atoms with Crippen LogP contribution in [-0.2, 0) is 0 Å². The van der Waals surface area contributed by atoms with Gasteiger partial charge in [0.2, 0.25) is 0 Å². The van der Waals surface area contributed by atoms with Gasteiger partial charge in [0.25, 0.3) is 0 Å². The molecule has 0 bridgehead atoms. The van der Waals surface area contributed by atoms with Crippen molar-refractivity contribution in [3.63, 3.8) is 0 Å². The lowest BCUT2D eigenvalue weighted by Gasteiger charge is -2.17. The molecule has 9 heavy (non-hydrogen) atoms. The van der Waals surface area contributed by atoms with E-state index in [1.165, 1.54) is 12.8 Å². The predicted molar refractivity (Wildman–Crippen MR) is 40.0 cm³/mol. The fourth-order valence-electron chi connectivity index (χ4n) is 1.20. The molecule has 0 aromatic heterocycles. The summed E-state index contributed by atoms with van der Waals surface area (Å²) in [7, 11) is 1.85. The number of hydrogen-bond donors (Lipinski definition) is 1. The number of aliphatic imine (C=N–C) groups is 1. The zero-order chi connectivity index (χ0) is 6.53. The Bertz CT molecular complexity index is 93.1. The van der Waals surface area contributed by atoms with Gasteiger partial charge in [0.1, 0.15) is 0 Å². The average Bonchev–Trinajstić information content (AvgIpc) is 1.91. The van der Waals surface area contributed by atoms with Crippen LogP contribution in [0.2, 0.25) is 0 Å². The third-order valence-corrected chi connectivity index (χ3v) is 1.74. The van der Waals surface area contributed by atoms with E-state index in [2.05, 4.69) is 16.5 Å². The Morgan fingerprint density at radius 3 is 2.67 bits per heavy atom. The van der Waals surface area contributed by atoms with Crippen molar-refractivity contribution in [3.05, 3.63) is 0 Å². The van der Waals surface area contributed by atoms with Crippen LogP contribution in [0, 0.1) is 5.92 Å². The van der Waals surface area contributed by atoms with E-state index in [-0.39, 0.29) is 0 Å². The first-order valence-corrected chi connectivity index (χ1v) is 3.56. The lowest BCUT2D eigenvalue weighted by molar-refractivity contribution is 0.462. The van der Waals surface area contributed by atoms with Crippen molar-refractivity contribution in [1.29, 1.82) is 0 Å². The molecule has 0 aromatic rings. The van der Waals surface area contributed by atoms with Gasteiger partial charge in [-0.3, -0.25) is 0 Å². The van der Waals surface area contributed by atoms with Gasteiger partial charge >= 0.3 is 0 Å². The van der Waals surface area contributed by atoms with Crippen LogP contribution in [0.25, 0.3) is 0 Å². The van der Waals surface area contributed by atoms with Crippen LogP contribution in [0.3, 0.4) is 0 Å². The first kappa shape index (κ1) is 6.75. The number of nitrogens with one attached hydrogen (secondary N) is 1. The molecule has 1 rings (SSSR count). The van der Waals surface area contributed by atoms with Crippen LogP contribution < -0.4 is 5.32 Å². The summed E-state index contributed by atoms with van der Waals surface area (Å²) in [6.07, 6.45) is 4.59. The Morgan fingerprint density at radius 1 is 1.44 bits per heavy atom. The topological polar surface area (TPSA) is 24.4 Å². The van der Waals surface area contributed by atoms with Crippen molar-refractivity contribution in [3.8, 4) is 0 Å². The highest BCUT2D eigenvalue weighted by molar-refractivity contribution is 5.60. The van der Waals surface area contributed by atoms with Gasteiger partial charge in [-0.15, -0.1) is 0 Å². The Balaban J connectivity index is 2.23. The van der Waals surface area contributed by atoms with Crippen LogP contribution in [0.4, 0.5) is 0 Å². The SMILES string of the molecule is C/N=C/C1CCNCC1. The molecular formula is C7H14N2. The van der Waals surface area contributed by atoms with E-state index in [9.17, 15) is 0 Å². The van der Waals surface area contributed by atoms with E-state index >= 15 is 0 Å². The molecule has 1 fully saturated rings. The molecule has 0 spiro atoms. The molecule has 1 aliphatic heterocycles. The maximum Gasteiger partial charge on any atom is 0.0273 e. The fraction of sp³-hybridized carbons (Fsp3) is 0.857. The minimum atomic E-state index is 0.747. The third-order valence-electron chi connectivity index (χ3n) is 1.74. The smallest absolute Gasteiger partial charge is 0.0273 e. The first-order chi connectivity index (χ1) is 4.43. The summed E-state index contributed by atoms with van der Waals surface area (Å²) in [4.78, 5) is 4.01. The largest absolute Gasteiger partial charge is 0.317 e. The van der Waals surface area contributed by atoms with Gasteiger partial charge in [0, 0.05) is 13.3 Å². The molecule has 0 aromatic carbocycles. The van der Waals surface area contributed by atoms with E-state index in [1.807, 2.05) is 7.05 Å². The van der Waals surface area contributed by atoms with Gasteiger partial charge in [-0.05, 0) is 31.8 Å². The van der Waals surface area contributed by atoms with Gasteiger partial charge in [-0.25, -0.2) is 0 Å². The van der Waals surface area contributed by atoms with Gasteiger partial charge in [0.15, 0.2) is 0 Å². The van der Waals surface area contributed by atoms with Crippen molar-refractivity contribution in [2.75, 3.05) is 20.1 Å². The quantitative estimate of drug-likeness (QED) is 0.513. The molecule has 0 saturated carbocycles. The summed E-state index contributed by atoms with van der Waals surface area (Å²) in [5.74, 6) is 0.747. The van der Waals surface area contributed by atoms with Crippen LogP contribution in [0.1, 0.15) is 12.8 Å². The zero-order valence-electron chi connectivity index (χ0n) is 5.93. The van der Waals surface area contributed by atoms with Crippen molar-refractivity contribution >= 4 is 6.21 Å². The van der Waals surface area contributed by atoms with E-state index < -0.39 is 0 Å². The highest BCUT2D eigenvalue weighted by Gasteiger charge is 2.08. The molecular weight excluding hydrogens is 112 g/mol. The minimum absolute atomic E-state index is 0.747. The lowest BCUT2D eigenvalue weighted by atomic mass is 10.00. The molecule has 2 heteroatoms. The third kappa shape index (κ3) is 2.14. The summed E-state index contributed by atoms with van der Waals surface area (Å²) in [5.41, 5.74) is 0. The molecule has 1 saturated heterocycles. The second kappa shape index (κ2) is 3.62.